The van der Waals surface area contributed by atoms with Crippen LogP contribution in [0.15, 0.2) is 79.3 Å². The first-order valence-corrected chi connectivity index (χ1v) is 14.5. The standard InChI is InChI=1S/C33H25ClF3N5O4/c1-18(43)25-16-41(28-10-9-21(12-24(25)28)46-33-38-13-20(36)14-39-33)17-30(44)42-15-19(35)11-29(42)32(45)40-27-8-4-6-23(31(27)37)22-5-2-3-7-26(22)34/h2-10,12-14,16,19,29H,11,15,17H2,1H3,(H,40,45). The van der Waals surface area contributed by atoms with E-state index in [1.54, 1.807) is 48.5 Å². The van der Waals surface area contributed by atoms with Crippen LogP contribution < -0.4 is 10.1 Å². The maximum Gasteiger partial charge on any atom is 0.322 e. The molecule has 0 aliphatic carbocycles. The molecule has 13 heteroatoms. The summed E-state index contributed by atoms with van der Waals surface area (Å²) in [5.74, 6) is -2.67. The summed E-state index contributed by atoms with van der Waals surface area (Å²) in [6.45, 7) is 0.733. The summed E-state index contributed by atoms with van der Waals surface area (Å²) in [7, 11) is 0. The van der Waals surface area contributed by atoms with E-state index in [0.29, 0.717) is 27.1 Å². The maximum absolute atomic E-state index is 15.5. The fraction of sp³-hybridized carbons (Fsp3) is 0.182. The van der Waals surface area contributed by atoms with Gasteiger partial charge in [0.15, 0.2) is 17.4 Å². The summed E-state index contributed by atoms with van der Waals surface area (Å²) < 4.78 is 50.5. The number of rotatable bonds is 8. The van der Waals surface area contributed by atoms with Gasteiger partial charge >= 0.3 is 6.01 Å². The van der Waals surface area contributed by atoms with Gasteiger partial charge in [-0.05, 0) is 37.3 Å². The fourth-order valence-corrected chi connectivity index (χ4v) is 5.72. The highest BCUT2D eigenvalue weighted by atomic mass is 35.5. The molecule has 0 saturated carbocycles. The Balaban J connectivity index is 1.22. The third-order valence-electron chi connectivity index (χ3n) is 7.64. The van der Waals surface area contributed by atoms with Gasteiger partial charge in [-0.3, -0.25) is 14.4 Å². The van der Waals surface area contributed by atoms with Crippen LogP contribution in [-0.2, 0) is 16.1 Å². The molecule has 1 fully saturated rings. The van der Waals surface area contributed by atoms with Crippen LogP contribution >= 0.6 is 11.6 Å². The smallest absolute Gasteiger partial charge is 0.322 e. The molecule has 2 unspecified atom stereocenters. The second-order valence-corrected chi connectivity index (χ2v) is 11.1. The number of hydrogen-bond acceptors (Lipinski definition) is 6. The molecule has 9 nitrogen and oxygen atoms in total. The van der Waals surface area contributed by atoms with Crippen LogP contribution in [0.5, 0.6) is 11.8 Å². The van der Waals surface area contributed by atoms with Gasteiger partial charge in [0.05, 0.1) is 24.6 Å². The molecule has 1 saturated heterocycles. The second-order valence-electron chi connectivity index (χ2n) is 10.7. The summed E-state index contributed by atoms with van der Waals surface area (Å²) in [5, 5.41) is 3.31. The summed E-state index contributed by atoms with van der Waals surface area (Å²) in [5.41, 5.74) is 1.27. The minimum atomic E-state index is -1.47. The number of halogens is 4. The highest BCUT2D eigenvalue weighted by Gasteiger charge is 2.40. The molecular formula is C33H25ClF3N5O4. The molecular weight excluding hydrogens is 623 g/mol. The average Bonchev–Trinajstić information content (AvgIpc) is 3.60. The first-order valence-electron chi connectivity index (χ1n) is 14.2. The molecule has 2 aromatic heterocycles. The lowest BCUT2D eigenvalue weighted by atomic mass is 10.0. The third kappa shape index (κ3) is 6.16. The molecule has 0 spiro atoms. The van der Waals surface area contributed by atoms with Gasteiger partial charge < -0.3 is 19.5 Å². The molecule has 2 amide bonds. The van der Waals surface area contributed by atoms with Crippen molar-refractivity contribution in [3.8, 4) is 22.9 Å². The lowest BCUT2D eigenvalue weighted by Crippen LogP contribution is -2.44. The number of anilines is 1. The number of hydrogen-bond donors (Lipinski definition) is 1. The van der Waals surface area contributed by atoms with Gasteiger partial charge in [-0.2, -0.15) is 0 Å². The van der Waals surface area contributed by atoms with Crippen LogP contribution in [0.1, 0.15) is 23.7 Å². The van der Waals surface area contributed by atoms with Gasteiger partial charge in [0.1, 0.15) is 24.5 Å². The first kappa shape index (κ1) is 30.8. The van der Waals surface area contributed by atoms with Gasteiger partial charge in [0.25, 0.3) is 0 Å². The zero-order chi connectivity index (χ0) is 32.5. The number of benzene rings is 3. The van der Waals surface area contributed by atoms with Gasteiger partial charge in [0, 0.05) is 45.2 Å². The van der Waals surface area contributed by atoms with E-state index in [-0.39, 0.29) is 48.3 Å². The van der Waals surface area contributed by atoms with Crippen LogP contribution in [0, 0.1) is 11.6 Å². The molecule has 6 rings (SSSR count). The van der Waals surface area contributed by atoms with Crippen LogP contribution in [0.4, 0.5) is 18.9 Å². The third-order valence-corrected chi connectivity index (χ3v) is 7.97. The van der Waals surface area contributed by atoms with E-state index in [9.17, 15) is 23.2 Å². The van der Waals surface area contributed by atoms with Crippen molar-refractivity contribution in [2.75, 3.05) is 11.9 Å². The van der Waals surface area contributed by atoms with Gasteiger partial charge in [-0.1, -0.05) is 41.9 Å². The number of fused-ring (bicyclic) bond motifs is 1. The van der Waals surface area contributed by atoms with Crippen molar-refractivity contribution in [3.05, 3.63) is 101 Å². The van der Waals surface area contributed by atoms with Crippen LogP contribution in [-0.4, -0.2) is 55.8 Å². The zero-order valence-electron chi connectivity index (χ0n) is 24.2. The van der Waals surface area contributed by atoms with E-state index in [1.165, 1.54) is 29.8 Å². The molecule has 1 aliphatic heterocycles. The second kappa shape index (κ2) is 12.6. The van der Waals surface area contributed by atoms with Crippen molar-refractivity contribution in [2.45, 2.75) is 32.1 Å². The Labute approximate surface area is 265 Å². The molecule has 3 heterocycles. The molecule has 2 atom stereocenters. The summed E-state index contributed by atoms with van der Waals surface area (Å²) in [6, 6.07) is 14.6. The predicted octanol–water partition coefficient (Wildman–Crippen LogP) is 6.60. The number of aromatic nitrogens is 3. The summed E-state index contributed by atoms with van der Waals surface area (Å²) in [6.07, 6.45) is 1.66. The van der Waals surface area contributed by atoms with Crippen LogP contribution in [0.3, 0.4) is 0 Å². The topological polar surface area (TPSA) is 106 Å². The number of likely N-dealkylation sites (tertiary alicyclic amines) is 1. The lowest BCUT2D eigenvalue weighted by molar-refractivity contribution is -0.137. The van der Waals surface area contributed by atoms with Gasteiger partial charge in [-0.25, -0.2) is 23.1 Å². The number of carbonyl (C=O) groups excluding carboxylic acids is 3. The van der Waals surface area contributed by atoms with Crippen molar-refractivity contribution in [1.82, 2.24) is 19.4 Å². The monoisotopic (exact) mass is 647 g/mol. The van der Waals surface area contributed by atoms with Crippen LogP contribution in [0.2, 0.25) is 5.02 Å². The molecule has 0 radical (unpaired) electrons. The Bertz CT molecular complexity index is 1980. The molecule has 1 aliphatic rings. The average molecular weight is 648 g/mol. The number of nitrogens with zero attached hydrogens (tertiary/aromatic N) is 4. The van der Waals surface area contributed by atoms with Crippen molar-refractivity contribution in [3.63, 3.8) is 0 Å². The van der Waals surface area contributed by atoms with Gasteiger partial charge in [0.2, 0.25) is 11.8 Å². The SMILES string of the molecule is CC(=O)c1cn(CC(=O)N2CC(F)CC2C(=O)Nc2cccc(-c3ccccc3Cl)c2F)c2ccc(Oc3ncc(F)cn3)cc12. The molecule has 0 bridgehead atoms. The van der Waals surface area contributed by atoms with E-state index < -0.39 is 35.7 Å². The van der Waals surface area contributed by atoms with Crippen molar-refractivity contribution >= 4 is 45.8 Å². The molecule has 3 aromatic carbocycles. The molecule has 5 aromatic rings. The predicted molar refractivity (Wildman–Crippen MR) is 164 cm³/mol. The van der Waals surface area contributed by atoms with Crippen molar-refractivity contribution in [2.24, 2.45) is 0 Å². The highest BCUT2D eigenvalue weighted by molar-refractivity contribution is 6.33. The number of amides is 2. The largest absolute Gasteiger partial charge is 0.424 e. The lowest BCUT2D eigenvalue weighted by Gasteiger charge is -2.24. The number of ether oxygens (including phenoxy) is 1. The quantitative estimate of drug-likeness (QED) is 0.190. The van der Waals surface area contributed by atoms with Gasteiger partial charge in [-0.15, -0.1) is 0 Å². The maximum atomic E-state index is 15.5. The number of Topliss-reactive ketones (excluding diaryl/α,β-unsaturated/α-hetero) is 1. The normalized spacial score (nSPS) is 16.1. The Kier molecular flexibility index (Phi) is 8.46. The van der Waals surface area contributed by atoms with E-state index in [2.05, 4.69) is 15.3 Å². The minimum Gasteiger partial charge on any atom is -0.424 e. The number of alkyl halides is 1. The summed E-state index contributed by atoms with van der Waals surface area (Å²) >= 11 is 6.25. The zero-order valence-corrected chi connectivity index (χ0v) is 25.0. The first-order chi connectivity index (χ1) is 22.1. The van der Waals surface area contributed by atoms with Crippen LogP contribution in [0.25, 0.3) is 22.0 Å². The van der Waals surface area contributed by atoms with E-state index in [1.807, 2.05) is 0 Å². The van der Waals surface area contributed by atoms with E-state index >= 15 is 4.39 Å². The minimum absolute atomic E-state index is 0.102. The van der Waals surface area contributed by atoms with E-state index in [0.717, 1.165) is 17.3 Å². The summed E-state index contributed by atoms with van der Waals surface area (Å²) in [4.78, 5) is 48.0. The number of carbonyl (C=O) groups is 3. The molecule has 234 valence electrons. The highest BCUT2D eigenvalue weighted by Crippen LogP contribution is 2.34. The van der Waals surface area contributed by atoms with Crippen molar-refractivity contribution in [1.29, 1.82) is 0 Å². The Morgan fingerprint density at radius 2 is 1.76 bits per heavy atom. The Hall–Kier alpha value is -5.23. The Morgan fingerprint density at radius 1 is 1.02 bits per heavy atom. The number of nitrogens with one attached hydrogen (secondary N) is 1. The Morgan fingerprint density at radius 3 is 2.50 bits per heavy atom. The fourth-order valence-electron chi connectivity index (χ4n) is 5.49. The molecule has 1 N–H and O–H groups in total. The van der Waals surface area contributed by atoms with E-state index in [4.69, 9.17) is 16.3 Å². The number of ketones is 1. The van der Waals surface area contributed by atoms with Crippen molar-refractivity contribution < 1.29 is 32.3 Å². The molecule has 46 heavy (non-hydrogen) atoms.